The van der Waals surface area contributed by atoms with E-state index in [2.05, 4.69) is 32.1 Å². The van der Waals surface area contributed by atoms with Gasteiger partial charge in [-0.2, -0.15) is 0 Å². The van der Waals surface area contributed by atoms with Gasteiger partial charge in [-0.25, -0.2) is 14.4 Å². The van der Waals surface area contributed by atoms with Crippen molar-refractivity contribution in [2.24, 2.45) is 5.92 Å². The third-order valence-electron chi connectivity index (χ3n) is 6.93. The average Bonchev–Trinajstić information content (AvgIpc) is 3.37. The lowest BCUT2D eigenvalue weighted by atomic mass is 10.0. The van der Waals surface area contributed by atoms with Crippen molar-refractivity contribution in [2.45, 2.75) is 38.5 Å². The third-order valence-corrected chi connectivity index (χ3v) is 6.93. The van der Waals surface area contributed by atoms with Crippen LogP contribution in [0.5, 0.6) is 5.75 Å². The maximum absolute atomic E-state index is 14.7. The van der Waals surface area contributed by atoms with Gasteiger partial charge >= 0.3 is 0 Å². The number of aromatic nitrogens is 2. The minimum absolute atomic E-state index is 0.105. The van der Waals surface area contributed by atoms with Gasteiger partial charge in [0.2, 0.25) is 5.82 Å². The molecule has 1 aromatic carbocycles. The summed E-state index contributed by atoms with van der Waals surface area (Å²) in [5, 5.41) is 2.89. The van der Waals surface area contributed by atoms with E-state index in [0.29, 0.717) is 30.0 Å². The SMILES string of the molecule is CN1CCN(CCOc2ccc(-c3cnc(C(=O)NCCCC4CCCC4)nc3)c(F)c2)CC1. The number of carbonyl (C=O) groups excluding carboxylic acids is 1. The summed E-state index contributed by atoms with van der Waals surface area (Å²) in [6.45, 7) is 6.17. The number of halogens is 1. The Kier molecular flexibility index (Phi) is 8.82. The number of nitrogens with one attached hydrogen (secondary N) is 1. The minimum Gasteiger partial charge on any atom is -0.492 e. The molecule has 2 aliphatic rings. The summed E-state index contributed by atoms with van der Waals surface area (Å²) >= 11 is 0. The van der Waals surface area contributed by atoms with Crippen molar-refractivity contribution in [1.29, 1.82) is 0 Å². The molecule has 0 bridgehead atoms. The molecule has 184 valence electrons. The Labute approximate surface area is 201 Å². The predicted octanol–water partition coefficient (Wildman–Crippen LogP) is 3.61. The fraction of sp³-hybridized carbons (Fsp3) is 0.577. The highest BCUT2D eigenvalue weighted by Crippen LogP contribution is 2.28. The third kappa shape index (κ3) is 6.96. The molecule has 1 N–H and O–H groups in total. The molecule has 2 aromatic rings. The van der Waals surface area contributed by atoms with E-state index < -0.39 is 5.82 Å². The topological polar surface area (TPSA) is 70.6 Å². The number of amides is 1. The van der Waals surface area contributed by atoms with E-state index in [4.69, 9.17) is 4.74 Å². The van der Waals surface area contributed by atoms with E-state index in [9.17, 15) is 9.18 Å². The van der Waals surface area contributed by atoms with Crippen molar-refractivity contribution in [3.8, 4) is 16.9 Å². The molecule has 1 saturated heterocycles. The summed E-state index contributed by atoms with van der Waals surface area (Å²) in [6.07, 6.45) is 10.4. The Hall–Kier alpha value is -2.58. The van der Waals surface area contributed by atoms with Gasteiger partial charge in [0.25, 0.3) is 5.91 Å². The highest BCUT2D eigenvalue weighted by Gasteiger charge is 2.16. The Morgan fingerprint density at radius 1 is 1.15 bits per heavy atom. The molecule has 2 fully saturated rings. The van der Waals surface area contributed by atoms with Gasteiger partial charge in [0.05, 0.1) is 0 Å². The quantitative estimate of drug-likeness (QED) is 0.536. The summed E-state index contributed by atoms with van der Waals surface area (Å²) in [7, 11) is 2.13. The zero-order valence-electron chi connectivity index (χ0n) is 20.1. The van der Waals surface area contributed by atoms with Crippen molar-refractivity contribution in [2.75, 3.05) is 52.9 Å². The van der Waals surface area contributed by atoms with Crippen molar-refractivity contribution in [1.82, 2.24) is 25.1 Å². The Morgan fingerprint density at radius 2 is 1.88 bits per heavy atom. The average molecular weight is 470 g/mol. The van der Waals surface area contributed by atoms with E-state index in [1.807, 2.05) is 0 Å². The lowest BCUT2D eigenvalue weighted by molar-refractivity contribution is 0.0942. The molecule has 8 heteroatoms. The largest absolute Gasteiger partial charge is 0.492 e. The van der Waals surface area contributed by atoms with Gasteiger partial charge < -0.3 is 15.0 Å². The lowest BCUT2D eigenvalue weighted by Crippen LogP contribution is -2.45. The molecular formula is C26H36FN5O2. The smallest absolute Gasteiger partial charge is 0.289 e. The second kappa shape index (κ2) is 12.2. The number of hydrogen-bond donors (Lipinski definition) is 1. The molecule has 2 heterocycles. The number of nitrogens with zero attached hydrogens (tertiary/aromatic N) is 4. The molecule has 0 radical (unpaired) electrons. The van der Waals surface area contributed by atoms with Crippen LogP contribution in [0.25, 0.3) is 11.1 Å². The first kappa shape index (κ1) is 24.5. The van der Waals surface area contributed by atoms with Crippen LogP contribution in [0.3, 0.4) is 0 Å². The van der Waals surface area contributed by atoms with Crippen LogP contribution in [0.2, 0.25) is 0 Å². The van der Waals surface area contributed by atoms with E-state index >= 15 is 0 Å². The van der Waals surface area contributed by atoms with Crippen LogP contribution in [-0.4, -0.2) is 78.6 Å². The first-order valence-corrected chi connectivity index (χ1v) is 12.5. The second-order valence-corrected chi connectivity index (χ2v) is 9.48. The second-order valence-electron chi connectivity index (χ2n) is 9.48. The Bertz CT molecular complexity index is 925. The fourth-order valence-electron chi connectivity index (χ4n) is 4.74. The Morgan fingerprint density at radius 3 is 2.59 bits per heavy atom. The zero-order valence-corrected chi connectivity index (χ0v) is 20.1. The van der Waals surface area contributed by atoms with Gasteiger partial charge in [0.15, 0.2) is 0 Å². The van der Waals surface area contributed by atoms with Gasteiger partial charge in [-0.15, -0.1) is 0 Å². The normalized spacial score (nSPS) is 17.7. The van der Waals surface area contributed by atoms with Crippen LogP contribution in [0.1, 0.15) is 49.1 Å². The van der Waals surface area contributed by atoms with Crippen molar-refractivity contribution < 1.29 is 13.9 Å². The predicted molar refractivity (Wildman–Crippen MR) is 130 cm³/mol. The summed E-state index contributed by atoms with van der Waals surface area (Å²) in [6, 6.07) is 4.82. The molecule has 7 nitrogen and oxygen atoms in total. The molecule has 0 unspecified atom stereocenters. The van der Waals surface area contributed by atoms with Crippen LogP contribution < -0.4 is 10.1 Å². The van der Waals surface area contributed by atoms with Gasteiger partial charge in [-0.1, -0.05) is 25.7 Å². The maximum atomic E-state index is 14.7. The van der Waals surface area contributed by atoms with Gasteiger partial charge in [-0.05, 0) is 37.9 Å². The molecule has 1 aliphatic heterocycles. The highest BCUT2D eigenvalue weighted by atomic mass is 19.1. The van der Waals surface area contributed by atoms with Crippen molar-refractivity contribution >= 4 is 5.91 Å². The Balaban J connectivity index is 1.23. The monoisotopic (exact) mass is 469 g/mol. The number of hydrogen-bond acceptors (Lipinski definition) is 6. The van der Waals surface area contributed by atoms with E-state index in [1.165, 1.54) is 44.1 Å². The number of piperazine rings is 1. The van der Waals surface area contributed by atoms with E-state index in [0.717, 1.165) is 51.5 Å². The van der Waals surface area contributed by atoms with Gasteiger partial charge in [-0.3, -0.25) is 9.69 Å². The zero-order chi connectivity index (χ0) is 23.8. The van der Waals surface area contributed by atoms with Crippen molar-refractivity contribution in [3.63, 3.8) is 0 Å². The lowest BCUT2D eigenvalue weighted by Gasteiger charge is -2.32. The van der Waals surface area contributed by atoms with E-state index in [1.54, 1.807) is 12.1 Å². The molecule has 0 atom stereocenters. The molecule has 1 saturated carbocycles. The number of carbonyl (C=O) groups is 1. The first-order chi connectivity index (χ1) is 16.6. The molecule has 4 rings (SSSR count). The van der Waals surface area contributed by atoms with Gasteiger partial charge in [0.1, 0.15) is 18.2 Å². The number of likely N-dealkylation sites (N-methyl/N-ethyl adjacent to an activating group) is 1. The maximum Gasteiger partial charge on any atom is 0.289 e. The van der Waals surface area contributed by atoms with Crippen LogP contribution in [0, 0.1) is 11.7 Å². The molecule has 0 spiro atoms. The fourth-order valence-corrected chi connectivity index (χ4v) is 4.74. The van der Waals surface area contributed by atoms with E-state index in [-0.39, 0.29) is 11.7 Å². The van der Waals surface area contributed by atoms with Gasteiger partial charge in [0, 0.05) is 68.9 Å². The number of benzene rings is 1. The first-order valence-electron chi connectivity index (χ1n) is 12.5. The molecular weight excluding hydrogens is 433 g/mol. The van der Waals surface area contributed by atoms with Crippen LogP contribution in [0.15, 0.2) is 30.6 Å². The summed E-state index contributed by atoms with van der Waals surface area (Å²) < 4.78 is 20.5. The standard InChI is InChI=1S/C26H36FN5O2/c1-31-11-13-32(14-12-31)15-16-34-22-8-9-23(24(27)17-22)21-18-29-25(30-19-21)26(33)28-10-4-7-20-5-2-3-6-20/h8-9,17-20H,2-7,10-16H2,1H3,(H,28,33). The number of ether oxygens (including phenoxy) is 1. The summed E-state index contributed by atoms with van der Waals surface area (Å²) in [4.78, 5) is 25.3. The van der Waals surface area contributed by atoms with Crippen LogP contribution in [-0.2, 0) is 0 Å². The van der Waals surface area contributed by atoms with Crippen molar-refractivity contribution in [3.05, 3.63) is 42.2 Å². The highest BCUT2D eigenvalue weighted by molar-refractivity contribution is 5.90. The minimum atomic E-state index is -0.398. The van der Waals surface area contributed by atoms with Crippen LogP contribution >= 0.6 is 0 Å². The molecule has 1 amide bonds. The summed E-state index contributed by atoms with van der Waals surface area (Å²) in [5.41, 5.74) is 0.911. The summed E-state index contributed by atoms with van der Waals surface area (Å²) in [5.74, 6) is 0.738. The molecule has 1 aliphatic carbocycles. The number of rotatable bonds is 10. The van der Waals surface area contributed by atoms with Crippen LogP contribution in [0.4, 0.5) is 4.39 Å². The molecule has 1 aromatic heterocycles. The molecule has 34 heavy (non-hydrogen) atoms.